The first kappa shape index (κ1) is 31.8. The maximum Gasteiger partial charge on any atom is 0.321 e. The molecule has 2 amide bonds. The van der Waals surface area contributed by atoms with Gasteiger partial charge in [0.1, 0.15) is 11.5 Å². The van der Waals surface area contributed by atoms with Crippen molar-refractivity contribution in [2.75, 3.05) is 62.1 Å². The van der Waals surface area contributed by atoms with E-state index in [2.05, 4.69) is 10.3 Å². The Labute approximate surface area is 269 Å². The number of hydrogen-bond acceptors (Lipinski definition) is 8. The summed E-state index contributed by atoms with van der Waals surface area (Å²) in [5.74, 6) is -0.269. The Balaban J connectivity index is 1.33. The number of aliphatic hydroxyl groups is 1. The Morgan fingerprint density at radius 3 is 2.51 bits per heavy atom. The van der Waals surface area contributed by atoms with E-state index >= 15 is 0 Å². The average molecular weight is 645 g/mol. The summed E-state index contributed by atoms with van der Waals surface area (Å²) >= 11 is 0. The van der Waals surface area contributed by atoms with E-state index in [9.17, 15) is 28.3 Å². The number of ether oxygens (including phenoxy) is 1. The third-order valence-corrected chi connectivity index (χ3v) is 8.42. The number of nitrogens with zero attached hydrogens (tertiary/aromatic N) is 5. The van der Waals surface area contributed by atoms with Gasteiger partial charge in [0.15, 0.2) is 0 Å². The monoisotopic (exact) mass is 644 g/mol. The normalized spacial score (nSPS) is 14.7. The first-order valence-electron chi connectivity index (χ1n) is 15.2. The summed E-state index contributed by atoms with van der Waals surface area (Å²) in [6, 6.07) is 15.1. The van der Waals surface area contributed by atoms with E-state index in [1.807, 2.05) is 31.1 Å². The Hall–Kier alpha value is -5.14. The molecule has 0 spiro atoms. The summed E-state index contributed by atoms with van der Waals surface area (Å²) in [5.41, 5.74) is 3.03. The third kappa shape index (κ3) is 6.31. The fourth-order valence-corrected chi connectivity index (χ4v) is 5.91. The van der Waals surface area contributed by atoms with Gasteiger partial charge >= 0.3 is 6.55 Å². The third-order valence-electron chi connectivity index (χ3n) is 8.42. The largest absolute Gasteiger partial charge is 0.392 e. The zero-order valence-electron chi connectivity index (χ0n) is 26.0. The molecule has 2 aliphatic rings. The molecule has 2 aromatic carbocycles. The van der Waals surface area contributed by atoms with Gasteiger partial charge in [0.2, 0.25) is 0 Å². The number of carbonyl (C=O) groups excluding carboxylic acids is 2. The van der Waals surface area contributed by atoms with Crippen LogP contribution in [0.5, 0.6) is 0 Å². The van der Waals surface area contributed by atoms with Crippen molar-refractivity contribution >= 4 is 34.7 Å². The van der Waals surface area contributed by atoms with Crippen LogP contribution in [0.15, 0.2) is 71.8 Å². The van der Waals surface area contributed by atoms with Crippen molar-refractivity contribution in [3.63, 3.8) is 0 Å². The second kappa shape index (κ2) is 13.3. The van der Waals surface area contributed by atoms with Crippen molar-refractivity contribution < 1.29 is 28.2 Å². The number of alkyl halides is 2. The Morgan fingerprint density at radius 2 is 1.83 bits per heavy atom. The van der Waals surface area contributed by atoms with Crippen molar-refractivity contribution in [3.05, 3.63) is 99.6 Å². The molecular formula is C34H34F2N6O5. The lowest BCUT2D eigenvalue weighted by Gasteiger charge is -2.31. The molecule has 2 aliphatic heterocycles. The molecular weight excluding hydrogens is 610 g/mol. The van der Waals surface area contributed by atoms with Crippen molar-refractivity contribution in [1.82, 2.24) is 14.5 Å². The highest BCUT2D eigenvalue weighted by Gasteiger charge is 2.29. The molecule has 6 rings (SSSR count). The lowest BCUT2D eigenvalue weighted by molar-refractivity contribution is 0.0302. The van der Waals surface area contributed by atoms with Gasteiger partial charge in [0.25, 0.3) is 17.4 Å². The number of fused-ring (bicyclic) bond motifs is 1. The number of benzene rings is 2. The van der Waals surface area contributed by atoms with E-state index in [-0.39, 0.29) is 28.9 Å². The van der Waals surface area contributed by atoms with Crippen LogP contribution < -0.4 is 20.7 Å². The molecule has 0 radical (unpaired) electrons. The van der Waals surface area contributed by atoms with Gasteiger partial charge < -0.3 is 29.9 Å². The number of pyridine rings is 2. The number of nitrogens with one attached hydrogen (secondary N) is 1. The van der Waals surface area contributed by atoms with Crippen molar-refractivity contribution in [1.29, 1.82) is 0 Å². The fraction of sp³-hybridized carbons (Fsp3) is 0.294. The van der Waals surface area contributed by atoms with Crippen LogP contribution in [0.1, 0.15) is 38.4 Å². The summed E-state index contributed by atoms with van der Waals surface area (Å²) in [4.78, 5) is 49.0. The maximum absolute atomic E-state index is 14.1. The van der Waals surface area contributed by atoms with E-state index in [0.717, 1.165) is 17.4 Å². The van der Waals surface area contributed by atoms with Crippen molar-refractivity contribution in [2.45, 2.75) is 19.6 Å². The van der Waals surface area contributed by atoms with Crippen LogP contribution >= 0.6 is 0 Å². The molecule has 0 bridgehead atoms. The topological polar surface area (TPSA) is 120 Å². The molecule has 1 saturated heterocycles. The van der Waals surface area contributed by atoms with Crippen molar-refractivity contribution in [3.8, 4) is 11.1 Å². The van der Waals surface area contributed by atoms with Crippen LogP contribution in [-0.2, 0) is 17.8 Å². The summed E-state index contributed by atoms with van der Waals surface area (Å²) in [6.07, 6.45) is 2.98. The zero-order chi connectivity index (χ0) is 33.2. The average Bonchev–Trinajstić information content (AvgIpc) is 3.09. The molecule has 0 unspecified atom stereocenters. The highest BCUT2D eigenvalue weighted by Crippen LogP contribution is 2.36. The second-order valence-corrected chi connectivity index (χ2v) is 11.5. The highest BCUT2D eigenvalue weighted by molar-refractivity contribution is 6.09. The summed E-state index contributed by atoms with van der Waals surface area (Å²) in [6.45, 7) is -1.45. The predicted molar refractivity (Wildman–Crippen MR) is 174 cm³/mol. The van der Waals surface area contributed by atoms with Gasteiger partial charge in [-0.1, -0.05) is 12.1 Å². The lowest BCUT2D eigenvalue weighted by atomic mass is 9.94. The van der Waals surface area contributed by atoms with Gasteiger partial charge in [-0.25, -0.2) is 4.98 Å². The maximum atomic E-state index is 14.1. The number of halogens is 2. The second-order valence-electron chi connectivity index (χ2n) is 11.5. The highest BCUT2D eigenvalue weighted by atomic mass is 19.3. The molecule has 0 aliphatic carbocycles. The number of aliphatic hydroxyl groups excluding tert-OH is 1. The van der Waals surface area contributed by atoms with E-state index in [1.165, 1.54) is 18.3 Å². The lowest BCUT2D eigenvalue weighted by Crippen LogP contribution is -2.40. The summed E-state index contributed by atoms with van der Waals surface area (Å²) in [5, 5.41) is 13.4. The smallest absolute Gasteiger partial charge is 0.321 e. The number of morpholine rings is 1. The fourth-order valence-electron chi connectivity index (χ4n) is 5.91. The predicted octanol–water partition coefficient (Wildman–Crippen LogP) is 4.28. The molecule has 244 valence electrons. The van der Waals surface area contributed by atoms with Gasteiger partial charge in [0, 0.05) is 68.5 Å². The molecule has 13 heteroatoms. The van der Waals surface area contributed by atoms with Crippen LogP contribution in [0, 0.1) is 0 Å². The van der Waals surface area contributed by atoms with Gasteiger partial charge in [-0.3, -0.25) is 19.0 Å². The minimum absolute atomic E-state index is 0.171. The number of anilines is 4. The van der Waals surface area contributed by atoms with E-state index in [0.29, 0.717) is 71.8 Å². The first-order valence-corrected chi connectivity index (χ1v) is 15.2. The first-order chi connectivity index (χ1) is 22.7. The van der Waals surface area contributed by atoms with Crippen LogP contribution in [0.4, 0.5) is 31.7 Å². The van der Waals surface area contributed by atoms with Crippen LogP contribution in [0.25, 0.3) is 11.1 Å². The van der Waals surface area contributed by atoms with E-state index < -0.39 is 18.7 Å². The number of hydrogen-bond donors (Lipinski definition) is 2. The standard InChI is InChI=1S/C34H34F2N6O5/c1-39(2)24-7-8-26-21(16-24)10-11-41(32(26)45)29-5-3-4-25(27(29)20-43)23-17-28(33(46)42(19-23)34(35)36)38-30-9-6-22(18-37-30)31(44)40-12-14-47-15-13-40/h3-9,16-19,34,43H,10-15,20H2,1-2H3,(H,37,38). The summed E-state index contributed by atoms with van der Waals surface area (Å²) < 4.78 is 33.9. The molecule has 2 N–H and O–H groups in total. The number of carbonyl (C=O) groups is 2. The SMILES string of the molecule is CN(C)c1ccc2c(c1)CCN(c1cccc(-c3cc(Nc4ccc(C(=O)N5CCOCC5)cn4)c(=O)n(C(F)F)c3)c1CO)C2=O. The minimum Gasteiger partial charge on any atom is -0.392 e. The Kier molecular flexibility index (Phi) is 9.01. The quantitative estimate of drug-likeness (QED) is 0.292. The van der Waals surface area contributed by atoms with E-state index in [1.54, 1.807) is 40.1 Å². The summed E-state index contributed by atoms with van der Waals surface area (Å²) in [7, 11) is 3.86. The van der Waals surface area contributed by atoms with Gasteiger partial charge in [0.05, 0.1) is 31.1 Å². The zero-order valence-corrected chi connectivity index (χ0v) is 26.0. The van der Waals surface area contributed by atoms with E-state index in [4.69, 9.17) is 4.74 Å². The molecule has 4 heterocycles. The molecule has 47 heavy (non-hydrogen) atoms. The van der Waals surface area contributed by atoms with Crippen LogP contribution in [0.2, 0.25) is 0 Å². The van der Waals surface area contributed by atoms with Crippen LogP contribution in [-0.4, -0.2) is 78.3 Å². The molecule has 1 fully saturated rings. The number of aromatic nitrogens is 2. The number of amides is 2. The van der Waals surface area contributed by atoms with Gasteiger partial charge in [-0.15, -0.1) is 0 Å². The molecule has 0 atom stereocenters. The molecule has 4 aromatic rings. The molecule has 11 nitrogen and oxygen atoms in total. The van der Waals surface area contributed by atoms with Crippen molar-refractivity contribution in [2.24, 2.45) is 0 Å². The van der Waals surface area contributed by atoms with Gasteiger partial charge in [-0.2, -0.15) is 8.78 Å². The minimum atomic E-state index is -3.16. The van der Waals surface area contributed by atoms with Crippen LogP contribution in [0.3, 0.4) is 0 Å². The van der Waals surface area contributed by atoms with Gasteiger partial charge in [-0.05, 0) is 60.0 Å². The Morgan fingerprint density at radius 1 is 1.04 bits per heavy atom. The molecule has 0 saturated carbocycles. The number of rotatable bonds is 8. The Bertz CT molecular complexity index is 1870. The molecule has 2 aromatic heterocycles.